The highest BCUT2D eigenvalue weighted by molar-refractivity contribution is 5.76. The molecule has 1 saturated carbocycles. The Bertz CT molecular complexity index is 1170. The van der Waals surface area contributed by atoms with E-state index < -0.39 is 0 Å². The number of rotatable bonds is 15. The van der Waals surface area contributed by atoms with Gasteiger partial charge in [-0.05, 0) is 79.3 Å². The third kappa shape index (κ3) is 7.54. The highest BCUT2D eigenvalue weighted by Gasteiger charge is 2.32. The number of hydrogen-bond donors (Lipinski definition) is 2. The van der Waals surface area contributed by atoms with E-state index in [0.29, 0.717) is 30.8 Å². The van der Waals surface area contributed by atoms with Gasteiger partial charge in [0.15, 0.2) is 0 Å². The Kier molecular flexibility index (Phi) is 9.15. The number of allylic oxidation sites excluding steroid dienone is 1. The molecule has 37 heavy (non-hydrogen) atoms. The molecule has 6 heteroatoms. The number of methoxy groups -OCH3 is 1. The summed E-state index contributed by atoms with van der Waals surface area (Å²) in [7, 11) is 3.62. The van der Waals surface area contributed by atoms with Gasteiger partial charge < -0.3 is 19.9 Å². The molecule has 1 heterocycles. The molecule has 1 aliphatic carbocycles. The lowest BCUT2D eigenvalue weighted by Gasteiger charge is -2.20. The van der Waals surface area contributed by atoms with Crippen molar-refractivity contribution < 1.29 is 14.6 Å². The molecule has 6 nitrogen and oxygen atoms in total. The second-order valence-electron chi connectivity index (χ2n) is 10.3. The molecule has 0 amide bonds. The number of aromatic nitrogens is 2. The van der Waals surface area contributed by atoms with Gasteiger partial charge >= 0.3 is 0 Å². The van der Waals surface area contributed by atoms with Crippen LogP contribution in [0.5, 0.6) is 11.5 Å². The molecule has 1 aromatic heterocycles. The maximum atomic E-state index is 9.80. The van der Waals surface area contributed by atoms with Crippen molar-refractivity contribution in [2.24, 2.45) is 18.9 Å². The molecular weight excluding hydrogens is 462 g/mol. The van der Waals surface area contributed by atoms with Crippen LogP contribution >= 0.6 is 0 Å². The minimum atomic E-state index is 0.265. The predicted octanol–water partition coefficient (Wildman–Crippen LogP) is 7.35. The molecule has 4 rings (SSSR count). The minimum Gasteiger partial charge on any atom is -0.513 e. The second kappa shape index (κ2) is 12.7. The number of ether oxygens (including phenoxy) is 2. The molecule has 198 valence electrons. The molecule has 0 bridgehead atoms. The molecule has 2 unspecified atom stereocenters. The van der Waals surface area contributed by atoms with Crippen LogP contribution in [0.2, 0.25) is 0 Å². The fourth-order valence-corrected chi connectivity index (χ4v) is 5.07. The van der Waals surface area contributed by atoms with Gasteiger partial charge in [-0.15, -0.1) is 0 Å². The summed E-state index contributed by atoms with van der Waals surface area (Å²) >= 11 is 0. The van der Waals surface area contributed by atoms with E-state index in [1.54, 1.807) is 7.11 Å². The monoisotopic (exact) mass is 503 g/mol. The first kappa shape index (κ1) is 26.6. The topological polar surface area (TPSA) is 68.5 Å². The molecule has 2 N–H and O–H groups in total. The Morgan fingerprint density at radius 3 is 2.68 bits per heavy atom. The zero-order valence-corrected chi connectivity index (χ0v) is 22.5. The molecule has 0 saturated heterocycles. The Morgan fingerprint density at radius 2 is 2.00 bits per heavy atom. The van der Waals surface area contributed by atoms with E-state index in [9.17, 15) is 5.11 Å². The summed E-state index contributed by atoms with van der Waals surface area (Å²) in [5.74, 6) is 3.41. The molecule has 1 aliphatic rings. The number of nitrogens with one attached hydrogen (secondary N) is 1. The fourth-order valence-electron chi connectivity index (χ4n) is 5.07. The summed E-state index contributed by atoms with van der Waals surface area (Å²) in [6, 6.07) is 16.5. The third-order valence-corrected chi connectivity index (χ3v) is 7.20. The van der Waals surface area contributed by atoms with Crippen LogP contribution in [0.15, 0.2) is 67.1 Å². The lowest BCUT2D eigenvalue weighted by Crippen LogP contribution is -2.17. The van der Waals surface area contributed by atoms with Crippen molar-refractivity contribution in [1.29, 1.82) is 0 Å². The number of aryl methyl sites for hydroxylation is 1. The molecule has 2 atom stereocenters. The average Bonchev–Trinajstić information content (AvgIpc) is 3.65. The molecule has 0 aliphatic heterocycles. The van der Waals surface area contributed by atoms with E-state index in [2.05, 4.69) is 48.2 Å². The number of aliphatic hydroxyl groups excluding tert-OH is 1. The van der Waals surface area contributed by atoms with Gasteiger partial charge in [0, 0.05) is 43.5 Å². The van der Waals surface area contributed by atoms with Crippen LogP contribution in [0, 0.1) is 11.8 Å². The summed E-state index contributed by atoms with van der Waals surface area (Å²) in [4.78, 5) is 0. The Labute approximate surface area is 221 Å². The molecule has 1 fully saturated rings. The van der Waals surface area contributed by atoms with Gasteiger partial charge in [0.2, 0.25) is 0 Å². The normalized spacial score (nSPS) is 14.7. The maximum absolute atomic E-state index is 9.80. The lowest BCUT2D eigenvalue weighted by atomic mass is 9.90. The number of nitrogens with zero attached hydrogens (tertiary/aromatic N) is 2. The Morgan fingerprint density at radius 1 is 1.16 bits per heavy atom. The molecule has 2 aromatic carbocycles. The van der Waals surface area contributed by atoms with Gasteiger partial charge in [0.05, 0.1) is 25.2 Å². The molecule has 3 aromatic rings. The van der Waals surface area contributed by atoms with E-state index in [1.165, 1.54) is 18.4 Å². The molecular formula is C31H41N3O3. The van der Waals surface area contributed by atoms with E-state index in [0.717, 1.165) is 54.3 Å². The second-order valence-corrected chi connectivity index (χ2v) is 10.3. The van der Waals surface area contributed by atoms with E-state index in [1.807, 2.05) is 42.2 Å². The van der Waals surface area contributed by atoms with Crippen LogP contribution in [-0.2, 0) is 7.05 Å². The smallest absolute Gasteiger partial charge is 0.120 e. The summed E-state index contributed by atoms with van der Waals surface area (Å²) in [6.07, 6.45) is 8.27. The third-order valence-electron chi connectivity index (χ3n) is 7.20. The highest BCUT2D eigenvalue weighted by atomic mass is 16.5. The highest BCUT2D eigenvalue weighted by Crippen LogP contribution is 2.46. The molecule has 0 spiro atoms. The zero-order chi connectivity index (χ0) is 26.2. The summed E-state index contributed by atoms with van der Waals surface area (Å²) < 4.78 is 13.6. The van der Waals surface area contributed by atoms with E-state index in [-0.39, 0.29) is 5.76 Å². The van der Waals surface area contributed by atoms with Crippen LogP contribution in [0.1, 0.15) is 56.9 Å². The van der Waals surface area contributed by atoms with Crippen LogP contribution in [0.3, 0.4) is 0 Å². The standard InChI is InChI=1S/C31H41N3O3/c1-5-7-23(21-37-27-9-6-8-25(19-27)29(18-22(2)35)24-10-11-24)14-16-32-31-20-26(36-4)12-13-28(31)30-15-17-34(3)33-30/h6,8-9,12-13,15,17,19-20,23-24,29,32,35H,2,5,7,10-11,14,16,18,21H2,1,3-4H3. The first-order valence-corrected chi connectivity index (χ1v) is 13.5. The van der Waals surface area contributed by atoms with Gasteiger partial charge in [0.25, 0.3) is 0 Å². The summed E-state index contributed by atoms with van der Waals surface area (Å²) in [5.41, 5.74) is 4.27. The number of hydrogen-bond acceptors (Lipinski definition) is 5. The van der Waals surface area contributed by atoms with Crippen LogP contribution in [0.25, 0.3) is 11.3 Å². The van der Waals surface area contributed by atoms with Crippen molar-refractivity contribution in [3.05, 3.63) is 72.6 Å². The maximum Gasteiger partial charge on any atom is 0.120 e. The Balaban J connectivity index is 1.37. The first-order chi connectivity index (χ1) is 18.0. The van der Waals surface area contributed by atoms with Crippen molar-refractivity contribution in [3.63, 3.8) is 0 Å². The number of benzene rings is 2. The molecule has 0 radical (unpaired) electrons. The quantitative estimate of drug-likeness (QED) is 0.212. The van der Waals surface area contributed by atoms with Crippen molar-refractivity contribution in [3.8, 4) is 22.8 Å². The first-order valence-electron chi connectivity index (χ1n) is 13.5. The van der Waals surface area contributed by atoms with Crippen LogP contribution in [0.4, 0.5) is 5.69 Å². The van der Waals surface area contributed by atoms with Gasteiger partial charge in [0.1, 0.15) is 11.5 Å². The number of anilines is 1. The Hall–Kier alpha value is -3.41. The van der Waals surface area contributed by atoms with E-state index >= 15 is 0 Å². The number of aliphatic hydroxyl groups is 1. The van der Waals surface area contributed by atoms with Crippen molar-refractivity contribution >= 4 is 5.69 Å². The van der Waals surface area contributed by atoms with Gasteiger partial charge in [-0.3, -0.25) is 4.68 Å². The predicted molar refractivity (Wildman–Crippen MR) is 150 cm³/mol. The summed E-state index contributed by atoms with van der Waals surface area (Å²) in [6.45, 7) is 7.47. The average molecular weight is 504 g/mol. The van der Waals surface area contributed by atoms with Crippen molar-refractivity contribution in [1.82, 2.24) is 9.78 Å². The summed E-state index contributed by atoms with van der Waals surface area (Å²) in [5, 5.41) is 18.0. The van der Waals surface area contributed by atoms with Gasteiger partial charge in [-0.2, -0.15) is 5.10 Å². The zero-order valence-electron chi connectivity index (χ0n) is 22.5. The largest absolute Gasteiger partial charge is 0.513 e. The van der Waals surface area contributed by atoms with Crippen LogP contribution in [-0.4, -0.2) is 35.1 Å². The van der Waals surface area contributed by atoms with Crippen molar-refractivity contribution in [2.45, 2.75) is 51.4 Å². The van der Waals surface area contributed by atoms with E-state index in [4.69, 9.17) is 9.47 Å². The fraction of sp³-hybridized carbons (Fsp3) is 0.452. The minimum absolute atomic E-state index is 0.265. The SMILES string of the molecule is C=C(O)CC(c1cccc(OCC(CCC)CCNc2cc(OC)ccc2-c2ccn(C)n2)c1)C1CC1. The lowest BCUT2D eigenvalue weighted by molar-refractivity contribution is 0.233. The van der Waals surface area contributed by atoms with Crippen molar-refractivity contribution in [2.75, 3.05) is 25.6 Å². The van der Waals surface area contributed by atoms with Crippen LogP contribution < -0.4 is 14.8 Å². The van der Waals surface area contributed by atoms with Gasteiger partial charge in [-0.1, -0.05) is 32.1 Å². The van der Waals surface area contributed by atoms with Gasteiger partial charge in [-0.25, -0.2) is 0 Å².